The number of amides is 3. The van der Waals surface area contributed by atoms with Gasteiger partial charge in [0.15, 0.2) is 0 Å². The summed E-state index contributed by atoms with van der Waals surface area (Å²) < 4.78 is 10.6. The average molecular weight is 464 g/mol. The van der Waals surface area contributed by atoms with Gasteiger partial charge in [-0.3, -0.25) is 14.4 Å². The van der Waals surface area contributed by atoms with Gasteiger partial charge < -0.3 is 20.1 Å². The van der Waals surface area contributed by atoms with E-state index in [0.717, 1.165) is 4.90 Å². The predicted octanol–water partition coefficient (Wildman–Crippen LogP) is 4.12. The first kappa shape index (κ1) is 22.1. The van der Waals surface area contributed by atoms with Crippen molar-refractivity contribution in [3.8, 4) is 11.5 Å². The molecule has 0 spiro atoms. The monoisotopic (exact) mass is 463 g/mol. The number of hydrogen-bond acceptors (Lipinski definition) is 7. The molecule has 0 saturated carbocycles. The van der Waals surface area contributed by atoms with Gasteiger partial charge in [0.05, 0.1) is 25.5 Å². The summed E-state index contributed by atoms with van der Waals surface area (Å²) in [6.45, 7) is 1.41. The van der Waals surface area contributed by atoms with Crippen molar-refractivity contribution in [2.45, 2.75) is 6.92 Å². The molecule has 1 aliphatic rings. The summed E-state index contributed by atoms with van der Waals surface area (Å²) in [7, 11) is 3.07. The zero-order valence-corrected chi connectivity index (χ0v) is 19.0. The lowest BCUT2D eigenvalue weighted by Crippen LogP contribution is -2.32. The molecule has 168 valence electrons. The Labute approximate surface area is 194 Å². The molecule has 2 heterocycles. The molecule has 1 aliphatic heterocycles. The quantitative estimate of drug-likeness (QED) is 0.512. The van der Waals surface area contributed by atoms with E-state index in [4.69, 9.17) is 9.47 Å². The van der Waals surface area contributed by atoms with Crippen molar-refractivity contribution in [2.24, 2.45) is 0 Å². The van der Waals surface area contributed by atoms with Gasteiger partial charge in [-0.05, 0) is 35.7 Å². The smallest absolute Gasteiger partial charge is 0.282 e. The van der Waals surface area contributed by atoms with E-state index in [2.05, 4.69) is 10.6 Å². The van der Waals surface area contributed by atoms with Gasteiger partial charge >= 0.3 is 0 Å². The third kappa shape index (κ3) is 4.44. The van der Waals surface area contributed by atoms with E-state index in [1.54, 1.807) is 48.5 Å². The second-order valence-corrected chi connectivity index (χ2v) is 8.08. The maximum absolute atomic E-state index is 13.5. The maximum atomic E-state index is 13.5. The van der Waals surface area contributed by atoms with E-state index < -0.39 is 11.8 Å². The minimum Gasteiger partial charge on any atom is -0.497 e. The van der Waals surface area contributed by atoms with Crippen LogP contribution >= 0.6 is 11.3 Å². The van der Waals surface area contributed by atoms with Crippen LogP contribution in [0.3, 0.4) is 0 Å². The average Bonchev–Trinajstić information content (AvgIpc) is 3.40. The Balaban J connectivity index is 1.73. The molecular weight excluding hydrogens is 442 g/mol. The van der Waals surface area contributed by atoms with Crippen LogP contribution in [0.4, 0.5) is 17.1 Å². The first-order chi connectivity index (χ1) is 15.9. The molecule has 0 atom stereocenters. The van der Waals surface area contributed by atoms with E-state index in [9.17, 15) is 14.4 Å². The van der Waals surface area contributed by atoms with Crippen molar-refractivity contribution in [3.63, 3.8) is 0 Å². The van der Waals surface area contributed by atoms with Crippen molar-refractivity contribution in [3.05, 3.63) is 70.6 Å². The molecule has 0 saturated heterocycles. The number of ether oxygens (including phenoxy) is 2. The zero-order valence-electron chi connectivity index (χ0n) is 18.2. The minimum absolute atomic E-state index is 0.156. The highest BCUT2D eigenvalue weighted by Gasteiger charge is 2.40. The zero-order chi connectivity index (χ0) is 23.5. The van der Waals surface area contributed by atoms with E-state index in [1.165, 1.54) is 32.5 Å². The molecule has 0 unspecified atom stereocenters. The number of carbonyl (C=O) groups is 3. The van der Waals surface area contributed by atoms with Crippen LogP contribution in [0, 0.1) is 0 Å². The number of rotatable bonds is 7. The predicted molar refractivity (Wildman–Crippen MR) is 128 cm³/mol. The van der Waals surface area contributed by atoms with Crippen LogP contribution in [0.2, 0.25) is 0 Å². The molecule has 4 rings (SSSR count). The van der Waals surface area contributed by atoms with Gasteiger partial charge in [0.1, 0.15) is 17.2 Å². The second kappa shape index (κ2) is 9.17. The highest BCUT2D eigenvalue weighted by Crippen LogP contribution is 2.37. The molecule has 8 nitrogen and oxygen atoms in total. The second-order valence-electron chi connectivity index (χ2n) is 7.13. The molecule has 33 heavy (non-hydrogen) atoms. The van der Waals surface area contributed by atoms with Crippen LogP contribution in [0.1, 0.15) is 11.8 Å². The molecule has 0 bridgehead atoms. The fourth-order valence-corrected chi connectivity index (χ4v) is 4.22. The third-order valence-electron chi connectivity index (χ3n) is 4.92. The van der Waals surface area contributed by atoms with E-state index >= 15 is 0 Å². The summed E-state index contributed by atoms with van der Waals surface area (Å²) in [5, 5.41) is 7.61. The Morgan fingerprint density at radius 3 is 2.12 bits per heavy atom. The molecule has 2 aromatic carbocycles. The lowest BCUT2D eigenvalue weighted by atomic mass is 10.1. The van der Waals surface area contributed by atoms with Gasteiger partial charge in [-0.2, -0.15) is 0 Å². The fraction of sp³-hybridized carbons (Fsp3) is 0.125. The van der Waals surface area contributed by atoms with E-state index in [0.29, 0.717) is 33.4 Å². The number of anilines is 3. The van der Waals surface area contributed by atoms with Crippen molar-refractivity contribution >= 4 is 51.7 Å². The summed E-state index contributed by atoms with van der Waals surface area (Å²) in [5.41, 5.74) is 1.94. The summed E-state index contributed by atoms with van der Waals surface area (Å²) >= 11 is 1.37. The minimum atomic E-state index is -0.488. The summed E-state index contributed by atoms with van der Waals surface area (Å²) in [6.07, 6.45) is 0. The Morgan fingerprint density at radius 1 is 0.909 bits per heavy atom. The lowest BCUT2D eigenvalue weighted by Gasteiger charge is -2.16. The number of imide groups is 1. The largest absolute Gasteiger partial charge is 0.497 e. The summed E-state index contributed by atoms with van der Waals surface area (Å²) in [4.78, 5) is 39.9. The number of benzene rings is 2. The molecule has 0 radical (unpaired) electrons. The summed E-state index contributed by atoms with van der Waals surface area (Å²) in [5.74, 6) is -0.0582. The number of thiophene rings is 1. The van der Waals surface area contributed by atoms with E-state index in [-0.39, 0.29) is 17.2 Å². The number of methoxy groups -OCH3 is 2. The Kier molecular flexibility index (Phi) is 6.14. The van der Waals surface area contributed by atoms with Gasteiger partial charge in [-0.25, -0.2) is 4.90 Å². The first-order valence-corrected chi connectivity index (χ1v) is 10.8. The van der Waals surface area contributed by atoms with Gasteiger partial charge in [0, 0.05) is 41.4 Å². The van der Waals surface area contributed by atoms with Crippen molar-refractivity contribution in [1.82, 2.24) is 0 Å². The van der Waals surface area contributed by atoms with Crippen LogP contribution in [-0.4, -0.2) is 31.9 Å². The van der Waals surface area contributed by atoms with Crippen LogP contribution in [0.25, 0.3) is 5.57 Å². The Hall–Kier alpha value is -4.11. The fourth-order valence-electron chi connectivity index (χ4n) is 3.45. The van der Waals surface area contributed by atoms with Crippen molar-refractivity contribution < 1.29 is 23.9 Å². The highest BCUT2D eigenvalue weighted by atomic mass is 32.1. The number of nitrogens with one attached hydrogen (secondary N) is 2. The van der Waals surface area contributed by atoms with Gasteiger partial charge in [-0.15, -0.1) is 11.3 Å². The topological polar surface area (TPSA) is 97.0 Å². The first-order valence-electron chi connectivity index (χ1n) is 9.96. The van der Waals surface area contributed by atoms with Crippen LogP contribution in [0.5, 0.6) is 11.5 Å². The molecule has 0 aliphatic carbocycles. The van der Waals surface area contributed by atoms with E-state index in [1.807, 2.05) is 11.4 Å². The van der Waals surface area contributed by atoms with Gasteiger partial charge in [0.25, 0.3) is 11.8 Å². The molecule has 1 aromatic heterocycles. The van der Waals surface area contributed by atoms with Crippen molar-refractivity contribution in [1.29, 1.82) is 0 Å². The maximum Gasteiger partial charge on any atom is 0.282 e. The van der Waals surface area contributed by atoms with Crippen LogP contribution in [-0.2, 0) is 14.4 Å². The lowest BCUT2D eigenvalue weighted by molar-refractivity contribution is -0.120. The highest BCUT2D eigenvalue weighted by molar-refractivity contribution is 7.11. The third-order valence-corrected chi connectivity index (χ3v) is 5.81. The van der Waals surface area contributed by atoms with Gasteiger partial charge in [0.2, 0.25) is 5.91 Å². The normalized spacial score (nSPS) is 13.4. The molecule has 9 heteroatoms. The Morgan fingerprint density at radius 2 is 1.58 bits per heavy atom. The standard InChI is InChI=1S/C24H21N3O5S/c1-14(28)25-15-6-8-17(9-7-15)27-23(29)21(20-5-4-10-33-20)22(24(27)30)26-16-11-18(31-2)13-19(12-16)32-3/h4-13,26H,1-3H3,(H,25,28). The number of carbonyl (C=O) groups excluding carboxylic acids is 3. The van der Waals surface area contributed by atoms with Crippen LogP contribution < -0.4 is 25.0 Å². The number of hydrogen-bond donors (Lipinski definition) is 2. The molecule has 3 aromatic rings. The molecule has 3 amide bonds. The Bertz CT molecular complexity index is 1230. The molecule has 2 N–H and O–H groups in total. The van der Waals surface area contributed by atoms with Crippen LogP contribution in [0.15, 0.2) is 65.7 Å². The number of nitrogens with zero attached hydrogens (tertiary/aromatic N) is 1. The SMILES string of the molecule is COc1cc(NC2=C(c3cccs3)C(=O)N(c3ccc(NC(C)=O)cc3)C2=O)cc(OC)c1. The molecule has 0 fully saturated rings. The van der Waals surface area contributed by atoms with Gasteiger partial charge in [-0.1, -0.05) is 6.07 Å². The van der Waals surface area contributed by atoms with Crippen molar-refractivity contribution in [2.75, 3.05) is 29.8 Å². The summed E-state index contributed by atoms with van der Waals surface area (Å²) in [6, 6.07) is 15.3. The molecular formula is C24H21N3O5S.